The Balaban J connectivity index is 1.70. The molecule has 0 amide bonds. The first-order chi connectivity index (χ1) is 13.6. The molecule has 3 rings (SSSR count). The van der Waals surface area contributed by atoms with Gasteiger partial charge in [0.2, 0.25) is 0 Å². The molecule has 1 aliphatic rings. The smallest absolute Gasteiger partial charge is 0.399 e. The molecule has 0 N–H and O–H groups in total. The molecular formula is C20H30BN2O5P. The van der Waals surface area contributed by atoms with Crippen molar-refractivity contribution in [1.82, 2.24) is 9.78 Å². The van der Waals surface area contributed by atoms with Gasteiger partial charge in [-0.1, -0.05) is 12.1 Å². The fraction of sp³-hybridized carbons (Fsp3) is 0.550. The van der Waals surface area contributed by atoms with Crippen LogP contribution in [0.1, 0.15) is 47.1 Å². The molecule has 1 saturated heterocycles. The molecular weight excluding hydrogens is 390 g/mol. The molecule has 1 aliphatic heterocycles. The zero-order chi connectivity index (χ0) is 21.3. The summed E-state index contributed by atoms with van der Waals surface area (Å²) in [6, 6.07) is 7.41. The van der Waals surface area contributed by atoms with Gasteiger partial charge in [-0.25, -0.2) is 0 Å². The maximum atomic E-state index is 12.8. The van der Waals surface area contributed by atoms with Gasteiger partial charge in [0.05, 0.1) is 36.3 Å². The van der Waals surface area contributed by atoms with Crippen LogP contribution in [0, 0.1) is 0 Å². The van der Waals surface area contributed by atoms with Crippen molar-refractivity contribution in [3.05, 3.63) is 42.2 Å². The number of hydrogen-bond donors (Lipinski definition) is 0. The van der Waals surface area contributed by atoms with Crippen LogP contribution < -0.4 is 10.8 Å². The molecule has 0 unspecified atom stereocenters. The summed E-state index contributed by atoms with van der Waals surface area (Å²) in [6.07, 6.45) is 3.70. The highest BCUT2D eigenvalue weighted by atomic mass is 31.2. The summed E-state index contributed by atoms with van der Waals surface area (Å²) in [7, 11) is -3.70. The van der Waals surface area contributed by atoms with Crippen LogP contribution in [0.5, 0.6) is 0 Å². The zero-order valence-electron chi connectivity index (χ0n) is 18.0. The van der Waals surface area contributed by atoms with E-state index in [9.17, 15) is 4.57 Å². The Labute approximate surface area is 173 Å². The number of benzene rings is 1. The third kappa shape index (κ3) is 4.67. The lowest BCUT2D eigenvalue weighted by Crippen LogP contribution is -2.41. The van der Waals surface area contributed by atoms with Gasteiger partial charge in [0.1, 0.15) is 0 Å². The van der Waals surface area contributed by atoms with Gasteiger partial charge in [-0.15, -0.1) is 0 Å². The van der Waals surface area contributed by atoms with E-state index in [1.807, 2.05) is 50.7 Å². The van der Waals surface area contributed by atoms with Crippen molar-refractivity contribution >= 4 is 25.5 Å². The van der Waals surface area contributed by atoms with Crippen molar-refractivity contribution in [2.75, 3.05) is 13.2 Å². The molecule has 1 aromatic heterocycles. The maximum Gasteiger partial charge on any atom is 0.498 e. The van der Waals surface area contributed by atoms with E-state index in [0.717, 1.165) is 11.0 Å². The normalized spacial score (nSPS) is 18.3. The van der Waals surface area contributed by atoms with E-state index in [2.05, 4.69) is 5.10 Å². The topological polar surface area (TPSA) is 71.8 Å². The summed E-state index contributed by atoms with van der Waals surface area (Å²) in [5.41, 5.74) is 1.14. The van der Waals surface area contributed by atoms with E-state index in [1.54, 1.807) is 32.2 Å². The minimum Gasteiger partial charge on any atom is -0.399 e. The van der Waals surface area contributed by atoms with Crippen LogP contribution >= 0.6 is 7.60 Å². The van der Waals surface area contributed by atoms with E-state index < -0.39 is 14.7 Å². The monoisotopic (exact) mass is 420 g/mol. The van der Waals surface area contributed by atoms with Gasteiger partial charge >= 0.3 is 14.7 Å². The molecule has 0 aliphatic carbocycles. The van der Waals surface area contributed by atoms with Crippen molar-refractivity contribution in [3.8, 4) is 0 Å². The largest absolute Gasteiger partial charge is 0.498 e. The Morgan fingerprint density at radius 2 is 1.59 bits per heavy atom. The van der Waals surface area contributed by atoms with Crippen LogP contribution in [0.4, 0.5) is 0 Å². The number of nitrogens with zero attached hydrogens (tertiary/aromatic N) is 2. The van der Waals surface area contributed by atoms with Crippen LogP contribution in [0.15, 0.2) is 36.7 Å². The summed E-state index contributed by atoms with van der Waals surface area (Å²) in [6.45, 7) is 13.0. The predicted molar refractivity (Wildman–Crippen MR) is 114 cm³/mol. The van der Waals surface area contributed by atoms with E-state index in [0.29, 0.717) is 25.1 Å². The van der Waals surface area contributed by atoms with Crippen molar-refractivity contribution < 1.29 is 22.9 Å². The minimum atomic E-state index is -3.26. The van der Waals surface area contributed by atoms with Crippen molar-refractivity contribution in [2.24, 2.45) is 0 Å². The standard InChI is InChI=1S/C20H30BN2O5P/c1-7-25-29(24,26-8-2)18-11-9-16(10-12-18)14-23-15-17(13-22-23)21-27-19(3,4)20(5,6)28-21/h9-13,15H,7-8,14H2,1-6H3. The fourth-order valence-electron chi connectivity index (χ4n) is 3.06. The highest BCUT2D eigenvalue weighted by Crippen LogP contribution is 2.46. The summed E-state index contributed by atoms with van der Waals surface area (Å²) in [4.78, 5) is 0. The fourth-order valence-corrected chi connectivity index (χ4v) is 4.63. The average Bonchev–Trinajstić information content (AvgIpc) is 3.18. The van der Waals surface area contributed by atoms with Crippen LogP contribution in [0.3, 0.4) is 0 Å². The van der Waals surface area contributed by atoms with Crippen molar-refractivity contribution in [3.63, 3.8) is 0 Å². The molecule has 1 fully saturated rings. The van der Waals surface area contributed by atoms with E-state index in [1.165, 1.54) is 0 Å². The van der Waals surface area contributed by atoms with E-state index in [-0.39, 0.29) is 11.2 Å². The van der Waals surface area contributed by atoms with E-state index in [4.69, 9.17) is 18.4 Å². The van der Waals surface area contributed by atoms with Gasteiger partial charge in [0.25, 0.3) is 0 Å². The first-order valence-corrected chi connectivity index (χ1v) is 11.5. The van der Waals surface area contributed by atoms with Gasteiger partial charge in [0, 0.05) is 17.9 Å². The Kier molecular flexibility index (Phi) is 6.42. The van der Waals surface area contributed by atoms with Crippen LogP contribution in [0.25, 0.3) is 0 Å². The van der Waals surface area contributed by atoms with Crippen molar-refractivity contribution in [2.45, 2.75) is 59.3 Å². The molecule has 0 atom stereocenters. The molecule has 2 heterocycles. The first-order valence-electron chi connectivity index (χ1n) is 9.97. The second-order valence-electron chi connectivity index (χ2n) is 8.06. The van der Waals surface area contributed by atoms with Crippen molar-refractivity contribution in [1.29, 1.82) is 0 Å². The SMILES string of the molecule is CCOP(=O)(OCC)c1ccc(Cn2cc(B3OC(C)(C)C(C)(C)O3)cn2)cc1. The third-order valence-corrected chi connectivity index (χ3v) is 7.50. The molecule has 0 spiro atoms. The summed E-state index contributed by atoms with van der Waals surface area (Å²) < 4.78 is 37.6. The lowest BCUT2D eigenvalue weighted by atomic mass is 9.82. The van der Waals surface area contributed by atoms with Crippen LogP contribution in [-0.2, 0) is 29.5 Å². The molecule has 7 nitrogen and oxygen atoms in total. The maximum absolute atomic E-state index is 12.8. The quantitative estimate of drug-likeness (QED) is 0.483. The molecule has 2 aromatic rings. The lowest BCUT2D eigenvalue weighted by Gasteiger charge is -2.32. The average molecular weight is 420 g/mol. The molecule has 0 saturated carbocycles. The Bertz CT molecular complexity index is 855. The van der Waals surface area contributed by atoms with Gasteiger partial charge in [-0.3, -0.25) is 9.25 Å². The summed E-state index contributed by atoms with van der Waals surface area (Å²) >= 11 is 0. The Morgan fingerprint density at radius 1 is 1.03 bits per heavy atom. The Hall–Kier alpha value is -1.44. The number of hydrogen-bond acceptors (Lipinski definition) is 6. The van der Waals surface area contributed by atoms with Gasteiger partial charge in [0.15, 0.2) is 0 Å². The number of aromatic nitrogens is 2. The number of rotatable bonds is 8. The Morgan fingerprint density at radius 3 is 2.10 bits per heavy atom. The highest BCUT2D eigenvalue weighted by Gasteiger charge is 2.52. The lowest BCUT2D eigenvalue weighted by molar-refractivity contribution is 0.00578. The van der Waals surface area contributed by atoms with Gasteiger partial charge in [-0.05, 0) is 59.2 Å². The van der Waals surface area contributed by atoms with Crippen LogP contribution in [0.2, 0.25) is 0 Å². The second kappa shape index (κ2) is 8.36. The summed E-state index contributed by atoms with van der Waals surface area (Å²) in [5, 5.41) is 4.99. The summed E-state index contributed by atoms with van der Waals surface area (Å²) in [5.74, 6) is 0. The molecule has 9 heteroatoms. The third-order valence-electron chi connectivity index (χ3n) is 5.37. The molecule has 0 bridgehead atoms. The van der Waals surface area contributed by atoms with Gasteiger partial charge in [-0.2, -0.15) is 5.10 Å². The molecule has 1 aromatic carbocycles. The molecule has 158 valence electrons. The zero-order valence-corrected chi connectivity index (χ0v) is 18.9. The minimum absolute atomic E-state index is 0.327. The molecule has 29 heavy (non-hydrogen) atoms. The molecule has 0 radical (unpaired) electrons. The predicted octanol–water partition coefficient (Wildman–Crippen LogP) is 3.12. The second-order valence-corrected chi connectivity index (χ2v) is 10.1. The van der Waals surface area contributed by atoms with Crippen LogP contribution in [-0.4, -0.2) is 41.3 Å². The van der Waals surface area contributed by atoms with Gasteiger partial charge < -0.3 is 18.4 Å². The first kappa shape index (κ1) is 22.3. The highest BCUT2D eigenvalue weighted by molar-refractivity contribution is 7.62. The van der Waals surface area contributed by atoms with E-state index >= 15 is 0 Å².